The van der Waals surface area contributed by atoms with E-state index < -0.39 is 0 Å². The Balaban J connectivity index is 1.43. The van der Waals surface area contributed by atoms with Gasteiger partial charge in [-0.1, -0.05) is 50.2 Å². The molecule has 4 aromatic rings. The van der Waals surface area contributed by atoms with Crippen molar-refractivity contribution in [1.82, 2.24) is 14.9 Å². The fraction of sp³-hybridized carbons (Fsp3) is 0.333. The molecule has 2 unspecified atom stereocenters. The summed E-state index contributed by atoms with van der Waals surface area (Å²) in [5.74, 6) is 2.93. The molecule has 36 heavy (non-hydrogen) atoms. The third-order valence-corrected chi connectivity index (χ3v) is 6.62. The zero-order valence-corrected chi connectivity index (χ0v) is 21.5. The second kappa shape index (κ2) is 11.8. The Morgan fingerprint density at radius 3 is 2.36 bits per heavy atom. The number of methoxy groups -OCH3 is 1. The van der Waals surface area contributed by atoms with Crippen LogP contribution in [0.4, 0.5) is 0 Å². The minimum Gasteiger partial charge on any atom is -0.497 e. The number of imidazole rings is 1. The van der Waals surface area contributed by atoms with Crippen LogP contribution in [0, 0.1) is 0 Å². The summed E-state index contributed by atoms with van der Waals surface area (Å²) in [4.78, 5) is 17.6. The smallest absolute Gasteiger partial charge is 0.224 e. The SMILES string of the molecule is CCC(C)c1ccc(OCCn2c(C(C)NC(=O)Cc3ccc(OC)cc3)nc3ccccc32)cc1. The maximum Gasteiger partial charge on any atom is 0.224 e. The Morgan fingerprint density at radius 1 is 0.972 bits per heavy atom. The molecular formula is C30H35N3O3. The molecule has 1 aromatic heterocycles. The number of amides is 1. The summed E-state index contributed by atoms with van der Waals surface area (Å²) in [5, 5.41) is 3.11. The molecular weight excluding hydrogens is 450 g/mol. The monoisotopic (exact) mass is 485 g/mol. The molecule has 2 atom stereocenters. The van der Waals surface area contributed by atoms with Crippen molar-refractivity contribution >= 4 is 16.9 Å². The molecule has 4 rings (SSSR count). The lowest BCUT2D eigenvalue weighted by atomic mass is 9.99. The van der Waals surface area contributed by atoms with Crippen molar-refractivity contribution < 1.29 is 14.3 Å². The largest absolute Gasteiger partial charge is 0.497 e. The summed E-state index contributed by atoms with van der Waals surface area (Å²) < 4.78 is 13.4. The topological polar surface area (TPSA) is 65.4 Å². The van der Waals surface area contributed by atoms with E-state index in [4.69, 9.17) is 14.5 Å². The van der Waals surface area contributed by atoms with E-state index in [0.29, 0.717) is 25.5 Å². The number of carbonyl (C=O) groups excluding carboxylic acids is 1. The molecule has 0 spiro atoms. The van der Waals surface area contributed by atoms with E-state index in [9.17, 15) is 4.79 Å². The molecule has 0 aliphatic rings. The lowest BCUT2D eigenvalue weighted by molar-refractivity contribution is -0.121. The molecule has 3 aromatic carbocycles. The standard InChI is InChI=1S/C30H35N3O3/c1-5-21(2)24-12-16-26(17-13-24)36-19-18-33-28-9-7-6-8-27(28)32-30(33)22(3)31-29(34)20-23-10-14-25(35-4)15-11-23/h6-17,21-22H,5,18-20H2,1-4H3,(H,31,34). The molecule has 6 heteroatoms. The summed E-state index contributed by atoms with van der Waals surface area (Å²) in [7, 11) is 1.63. The number of carbonyl (C=O) groups is 1. The fourth-order valence-electron chi connectivity index (χ4n) is 4.33. The molecule has 0 aliphatic carbocycles. The zero-order chi connectivity index (χ0) is 25.5. The van der Waals surface area contributed by atoms with Crippen LogP contribution in [0.3, 0.4) is 0 Å². The van der Waals surface area contributed by atoms with Crippen molar-refractivity contribution in [2.75, 3.05) is 13.7 Å². The van der Waals surface area contributed by atoms with Gasteiger partial charge in [0.05, 0.1) is 37.2 Å². The van der Waals surface area contributed by atoms with Crippen LogP contribution < -0.4 is 14.8 Å². The van der Waals surface area contributed by atoms with Crippen LogP contribution in [-0.2, 0) is 17.8 Å². The minimum absolute atomic E-state index is 0.0519. The van der Waals surface area contributed by atoms with Crippen LogP contribution in [0.2, 0.25) is 0 Å². The molecule has 6 nitrogen and oxygen atoms in total. The highest BCUT2D eigenvalue weighted by Gasteiger charge is 2.18. The highest BCUT2D eigenvalue weighted by atomic mass is 16.5. The molecule has 0 radical (unpaired) electrons. The number of hydrogen-bond donors (Lipinski definition) is 1. The molecule has 0 bridgehead atoms. The van der Waals surface area contributed by atoms with E-state index in [0.717, 1.165) is 40.3 Å². The molecule has 0 saturated carbocycles. The van der Waals surface area contributed by atoms with Gasteiger partial charge in [-0.25, -0.2) is 4.98 Å². The van der Waals surface area contributed by atoms with Crippen LogP contribution in [0.5, 0.6) is 11.5 Å². The molecule has 1 heterocycles. The van der Waals surface area contributed by atoms with Crippen molar-refractivity contribution in [3.8, 4) is 11.5 Å². The molecule has 0 saturated heterocycles. The van der Waals surface area contributed by atoms with E-state index in [1.165, 1.54) is 5.56 Å². The highest BCUT2D eigenvalue weighted by molar-refractivity contribution is 5.79. The quantitative estimate of drug-likeness (QED) is 0.281. The van der Waals surface area contributed by atoms with Gasteiger partial charge in [0.2, 0.25) is 5.91 Å². The van der Waals surface area contributed by atoms with E-state index >= 15 is 0 Å². The van der Waals surface area contributed by atoms with Crippen LogP contribution in [0.15, 0.2) is 72.8 Å². The van der Waals surface area contributed by atoms with Crippen LogP contribution >= 0.6 is 0 Å². The second-order valence-corrected chi connectivity index (χ2v) is 9.15. The van der Waals surface area contributed by atoms with E-state index in [1.54, 1.807) is 7.11 Å². The lowest BCUT2D eigenvalue weighted by Gasteiger charge is -2.17. The first kappa shape index (κ1) is 25.3. The molecule has 188 valence electrons. The van der Waals surface area contributed by atoms with Crippen molar-refractivity contribution in [1.29, 1.82) is 0 Å². The Morgan fingerprint density at radius 2 is 1.67 bits per heavy atom. The van der Waals surface area contributed by atoms with Crippen LogP contribution in [0.25, 0.3) is 11.0 Å². The maximum atomic E-state index is 12.8. The van der Waals surface area contributed by atoms with Gasteiger partial charge in [0.25, 0.3) is 0 Å². The summed E-state index contributed by atoms with van der Waals surface area (Å²) in [5.41, 5.74) is 4.19. The van der Waals surface area contributed by atoms with Gasteiger partial charge >= 0.3 is 0 Å². The maximum absolute atomic E-state index is 12.8. The van der Waals surface area contributed by atoms with Crippen molar-refractivity contribution in [2.45, 2.75) is 52.1 Å². The predicted octanol–water partition coefficient (Wildman–Crippen LogP) is 6.06. The van der Waals surface area contributed by atoms with Crippen molar-refractivity contribution in [2.24, 2.45) is 0 Å². The number of hydrogen-bond acceptors (Lipinski definition) is 4. The highest BCUT2D eigenvalue weighted by Crippen LogP contribution is 2.23. The molecule has 1 amide bonds. The number of nitrogens with zero attached hydrogens (tertiary/aromatic N) is 2. The number of benzene rings is 3. The van der Waals surface area contributed by atoms with E-state index in [2.05, 4.69) is 41.9 Å². The second-order valence-electron chi connectivity index (χ2n) is 9.15. The average Bonchev–Trinajstić information content (AvgIpc) is 3.28. The third-order valence-electron chi connectivity index (χ3n) is 6.62. The Kier molecular flexibility index (Phi) is 8.26. The Labute approximate surface area is 213 Å². The Bertz CT molecular complexity index is 1280. The Hall–Kier alpha value is -3.80. The number of fused-ring (bicyclic) bond motifs is 1. The van der Waals surface area contributed by atoms with Gasteiger partial charge in [-0.15, -0.1) is 0 Å². The molecule has 0 aliphatic heterocycles. The van der Waals surface area contributed by atoms with E-state index in [1.807, 2.05) is 61.5 Å². The zero-order valence-electron chi connectivity index (χ0n) is 21.5. The van der Waals surface area contributed by atoms with Crippen molar-refractivity contribution in [3.05, 3.63) is 89.7 Å². The number of aromatic nitrogens is 2. The minimum atomic E-state index is -0.252. The number of nitrogens with one attached hydrogen (secondary N) is 1. The summed E-state index contributed by atoms with van der Waals surface area (Å²) in [6.45, 7) is 7.53. The number of para-hydroxylation sites is 2. The normalized spacial score (nSPS) is 12.8. The number of ether oxygens (including phenoxy) is 2. The predicted molar refractivity (Wildman–Crippen MR) is 144 cm³/mol. The summed E-state index contributed by atoms with van der Waals surface area (Å²) >= 11 is 0. The first-order valence-corrected chi connectivity index (χ1v) is 12.6. The van der Waals surface area contributed by atoms with Gasteiger partial charge in [0.15, 0.2) is 0 Å². The molecule has 1 N–H and O–H groups in total. The van der Waals surface area contributed by atoms with Crippen LogP contribution in [-0.4, -0.2) is 29.2 Å². The van der Waals surface area contributed by atoms with Crippen LogP contribution in [0.1, 0.15) is 56.1 Å². The molecule has 0 fully saturated rings. The first-order chi connectivity index (χ1) is 17.5. The van der Waals surface area contributed by atoms with Gasteiger partial charge in [-0.2, -0.15) is 0 Å². The first-order valence-electron chi connectivity index (χ1n) is 12.6. The van der Waals surface area contributed by atoms with Gasteiger partial charge < -0.3 is 19.4 Å². The number of rotatable bonds is 11. The van der Waals surface area contributed by atoms with Gasteiger partial charge in [-0.3, -0.25) is 4.79 Å². The van der Waals surface area contributed by atoms with Gasteiger partial charge in [0.1, 0.15) is 23.9 Å². The average molecular weight is 486 g/mol. The van der Waals surface area contributed by atoms with Gasteiger partial charge in [0, 0.05) is 0 Å². The lowest BCUT2D eigenvalue weighted by Crippen LogP contribution is -2.30. The third kappa shape index (κ3) is 6.06. The summed E-state index contributed by atoms with van der Waals surface area (Å²) in [6, 6.07) is 23.7. The van der Waals surface area contributed by atoms with E-state index in [-0.39, 0.29) is 11.9 Å². The fourth-order valence-corrected chi connectivity index (χ4v) is 4.33. The van der Waals surface area contributed by atoms with Crippen molar-refractivity contribution in [3.63, 3.8) is 0 Å². The summed E-state index contributed by atoms with van der Waals surface area (Å²) in [6.07, 6.45) is 1.41. The van der Waals surface area contributed by atoms with Gasteiger partial charge in [-0.05, 0) is 66.8 Å².